The molecular formula is C17H29N3O2S. The smallest absolute Gasteiger partial charge is 0.314 e. The standard InChI is InChI=1S/C17H29N3O2S/c1-11-14(23-12(2)20-11)6-8-18-16(21)19-10-13-7-9-22-15(13)17(3,4)5/h13,15H,6-10H2,1-5H3,(H2,18,19,21)/t13-,15-/m0/s1. The lowest BCUT2D eigenvalue weighted by Crippen LogP contribution is -2.42. The molecule has 1 saturated heterocycles. The maximum Gasteiger partial charge on any atom is 0.314 e. The highest BCUT2D eigenvalue weighted by atomic mass is 32.1. The van der Waals surface area contributed by atoms with Gasteiger partial charge in [0.2, 0.25) is 0 Å². The summed E-state index contributed by atoms with van der Waals surface area (Å²) in [6.07, 6.45) is 2.06. The van der Waals surface area contributed by atoms with Crippen LogP contribution < -0.4 is 10.6 Å². The number of thiazole rings is 1. The van der Waals surface area contributed by atoms with E-state index in [4.69, 9.17) is 4.74 Å². The molecule has 2 heterocycles. The van der Waals surface area contributed by atoms with Crippen molar-refractivity contribution in [2.24, 2.45) is 11.3 Å². The molecule has 2 N–H and O–H groups in total. The molecule has 1 aromatic rings. The third-order valence-electron chi connectivity index (χ3n) is 4.23. The molecule has 0 aromatic carbocycles. The summed E-state index contributed by atoms with van der Waals surface area (Å²) in [6.45, 7) is 12.7. The average Bonchev–Trinajstić information content (AvgIpc) is 3.03. The Morgan fingerprint density at radius 3 is 2.70 bits per heavy atom. The quantitative estimate of drug-likeness (QED) is 0.866. The molecule has 1 aliphatic heterocycles. The Morgan fingerprint density at radius 2 is 2.09 bits per heavy atom. The normalized spacial score (nSPS) is 21.4. The molecule has 0 bridgehead atoms. The molecule has 0 radical (unpaired) electrons. The number of amides is 2. The first-order chi connectivity index (χ1) is 10.8. The minimum atomic E-state index is -0.0940. The molecule has 23 heavy (non-hydrogen) atoms. The predicted molar refractivity (Wildman–Crippen MR) is 94.0 cm³/mol. The molecule has 0 saturated carbocycles. The van der Waals surface area contributed by atoms with Gasteiger partial charge in [-0.1, -0.05) is 20.8 Å². The summed E-state index contributed by atoms with van der Waals surface area (Å²) in [5, 5.41) is 7.00. The summed E-state index contributed by atoms with van der Waals surface area (Å²) < 4.78 is 5.84. The van der Waals surface area contributed by atoms with Crippen LogP contribution in [0.25, 0.3) is 0 Å². The van der Waals surface area contributed by atoms with E-state index in [1.165, 1.54) is 4.88 Å². The van der Waals surface area contributed by atoms with Crippen molar-refractivity contribution in [2.45, 2.75) is 53.6 Å². The van der Waals surface area contributed by atoms with Gasteiger partial charge in [-0.25, -0.2) is 9.78 Å². The SMILES string of the molecule is Cc1nc(C)c(CCNC(=O)NC[C@@H]2CCO[C@@H]2C(C)(C)C)s1. The van der Waals surface area contributed by atoms with Crippen LogP contribution in [0.3, 0.4) is 0 Å². The van der Waals surface area contributed by atoms with Crippen molar-refractivity contribution in [2.75, 3.05) is 19.7 Å². The molecule has 2 atom stereocenters. The zero-order valence-electron chi connectivity index (χ0n) is 14.9. The van der Waals surface area contributed by atoms with Crippen LogP contribution in [0, 0.1) is 25.2 Å². The van der Waals surface area contributed by atoms with Crippen molar-refractivity contribution in [3.8, 4) is 0 Å². The van der Waals surface area contributed by atoms with Gasteiger partial charge in [-0.3, -0.25) is 0 Å². The molecule has 0 spiro atoms. The van der Waals surface area contributed by atoms with E-state index in [2.05, 4.69) is 36.4 Å². The van der Waals surface area contributed by atoms with Crippen LogP contribution >= 0.6 is 11.3 Å². The number of hydrogen-bond acceptors (Lipinski definition) is 4. The molecule has 6 heteroatoms. The van der Waals surface area contributed by atoms with E-state index in [0.717, 1.165) is 30.2 Å². The third kappa shape index (κ3) is 5.18. The van der Waals surface area contributed by atoms with Gasteiger partial charge in [-0.15, -0.1) is 11.3 Å². The number of carbonyl (C=O) groups is 1. The van der Waals surface area contributed by atoms with Crippen LogP contribution in [0.4, 0.5) is 4.79 Å². The largest absolute Gasteiger partial charge is 0.377 e. The van der Waals surface area contributed by atoms with Crippen molar-refractivity contribution in [3.05, 3.63) is 15.6 Å². The van der Waals surface area contributed by atoms with E-state index in [1.54, 1.807) is 11.3 Å². The van der Waals surface area contributed by atoms with Gasteiger partial charge >= 0.3 is 6.03 Å². The topological polar surface area (TPSA) is 63.2 Å². The average molecular weight is 340 g/mol. The van der Waals surface area contributed by atoms with Gasteiger partial charge < -0.3 is 15.4 Å². The van der Waals surface area contributed by atoms with Crippen molar-refractivity contribution in [3.63, 3.8) is 0 Å². The fourth-order valence-electron chi connectivity index (χ4n) is 3.18. The monoisotopic (exact) mass is 339 g/mol. The van der Waals surface area contributed by atoms with Gasteiger partial charge in [0.1, 0.15) is 0 Å². The van der Waals surface area contributed by atoms with Crippen LogP contribution in [-0.2, 0) is 11.2 Å². The Labute approximate surface area is 143 Å². The summed E-state index contributed by atoms with van der Waals surface area (Å²) in [7, 11) is 0. The van der Waals surface area contributed by atoms with Crippen LogP contribution in [0.15, 0.2) is 0 Å². The molecule has 0 unspecified atom stereocenters. The van der Waals surface area contributed by atoms with E-state index in [9.17, 15) is 4.79 Å². The maximum absolute atomic E-state index is 12.0. The molecule has 130 valence electrons. The first-order valence-electron chi connectivity index (χ1n) is 8.33. The Kier molecular flexibility index (Phi) is 6.03. The molecule has 1 fully saturated rings. The summed E-state index contributed by atoms with van der Waals surface area (Å²) >= 11 is 1.70. The van der Waals surface area contributed by atoms with Crippen LogP contribution in [0.5, 0.6) is 0 Å². The lowest BCUT2D eigenvalue weighted by atomic mass is 9.81. The number of nitrogens with one attached hydrogen (secondary N) is 2. The van der Waals surface area contributed by atoms with Gasteiger partial charge in [0, 0.05) is 36.9 Å². The second-order valence-electron chi connectivity index (χ2n) is 7.33. The van der Waals surface area contributed by atoms with Gasteiger partial charge in [-0.05, 0) is 25.7 Å². The number of aromatic nitrogens is 1. The second kappa shape index (κ2) is 7.62. The van der Waals surface area contributed by atoms with Crippen LogP contribution in [0.2, 0.25) is 0 Å². The summed E-state index contributed by atoms with van der Waals surface area (Å²) in [5.74, 6) is 0.396. The number of ether oxygens (including phenoxy) is 1. The lowest BCUT2D eigenvalue weighted by Gasteiger charge is -2.31. The molecule has 0 aliphatic carbocycles. The van der Waals surface area contributed by atoms with Crippen molar-refractivity contribution < 1.29 is 9.53 Å². The first kappa shape index (κ1) is 18.2. The van der Waals surface area contributed by atoms with E-state index < -0.39 is 0 Å². The van der Waals surface area contributed by atoms with Crippen molar-refractivity contribution >= 4 is 17.4 Å². The summed E-state index contributed by atoms with van der Waals surface area (Å²) in [6, 6.07) is -0.0940. The number of carbonyl (C=O) groups excluding carboxylic acids is 1. The van der Waals surface area contributed by atoms with Crippen molar-refractivity contribution in [1.29, 1.82) is 0 Å². The highest BCUT2D eigenvalue weighted by Gasteiger charge is 2.37. The lowest BCUT2D eigenvalue weighted by molar-refractivity contribution is 0.00775. The van der Waals surface area contributed by atoms with Gasteiger partial charge in [0.25, 0.3) is 0 Å². The summed E-state index contributed by atoms with van der Waals surface area (Å²) in [4.78, 5) is 17.6. The van der Waals surface area contributed by atoms with Crippen LogP contribution in [0.1, 0.15) is 42.8 Å². The van der Waals surface area contributed by atoms with Crippen LogP contribution in [-0.4, -0.2) is 36.8 Å². The fourth-order valence-corrected chi connectivity index (χ4v) is 4.12. The maximum atomic E-state index is 12.0. The highest BCUT2D eigenvalue weighted by Crippen LogP contribution is 2.34. The number of urea groups is 1. The molecule has 2 rings (SSSR count). The van der Waals surface area contributed by atoms with E-state index >= 15 is 0 Å². The Balaban J connectivity index is 1.70. The molecule has 1 aromatic heterocycles. The first-order valence-corrected chi connectivity index (χ1v) is 9.15. The molecule has 2 amide bonds. The number of hydrogen-bond donors (Lipinski definition) is 2. The zero-order chi connectivity index (χ0) is 17.0. The van der Waals surface area contributed by atoms with Gasteiger partial charge in [0.15, 0.2) is 0 Å². The second-order valence-corrected chi connectivity index (χ2v) is 8.62. The molecular weight excluding hydrogens is 310 g/mol. The Morgan fingerprint density at radius 1 is 1.35 bits per heavy atom. The Hall–Kier alpha value is -1.14. The predicted octanol–water partition coefficient (Wildman–Crippen LogP) is 3.05. The van der Waals surface area contributed by atoms with Crippen molar-refractivity contribution in [1.82, 2.24) is 15.6 Å². The van der Waals surface area contributed by atoms with Gasteiger partial charge in [-0.2, -0.15) is 0 Å². The van der Waals surface area contributed by atoms with Gasteiger partial charge in [0.05, 0.1) is 16.8 Å². The number of rotatable bonds is 5. The van der Waals surface area contributed by atoms with E-state index in [-0.39, 0.29) is 17.6 Å². The molecule has 5 nitrogen and oxygen atoms in total. The minimum Gasteiger partial charge on any atom is -0.377 e. The van der Waals surface area contributed by atoms with E-state index in [0.29, 0.717) is 19.0 Å². The summed E-state index contributed by atoms with van der Waals surface area (Å²) in [5.41, 5.74) is 1.19. The van der Waals surface area contributed by atoms with E-state index in [1.807, 2.05) is 13.8 Å². The highest BCUT2D eigenvalue weighted by molar-refractivity contribution is 7.11. The zero-order valence-corrected chi connectivity index (χ0v) is 15.7. The number of nitrogens with zero attached hydrogens (tertiary/aromatic N) is 1. The molecule has 1 aliphatic rings. The third-order valence-corrected chi connectivity index (χ3v) is 5.36. The Bertz CT molecular complexity index is 536. The fraction of sp³-hybridized carbons (Fsp3) is 0.765. The minimum absolute atomic E-state index is 0.0940. The number of aryl methyl sites for hydroxylation is 2.